The van der Waals surface area contributed by atoms with Crippen LogP contribution in [0.1, 0.15) is 24.8 Å². The Bertz CT molecular complexity index is 750. The summed E-state index contributed by atoms with van der Waals surface area (Å²) in [7, 11) is -3.35. The number of hydrogen-bond donors (Lipinski definition) is 0. The zero-order valence-corrected chi connectivity index (χ0v) is 17.7. The molecule has 0 radical (unpaired) electrons. The fraction of sp³-hybridized carbons (Fsp3) is 0.700. The Hall–Kier alpha value is -0.700. The van der Waals surface area contributed by atoms with Crippen molar-refractivity contribution in [1.82, 2.24) is 9.21 Å². The van der Waals surface area contributed by atoms with Crippen molar-refractivity contribution in [3.05, 3.63) is 34.9 Å². The topological polar surface area (TPSA) is 59.1 Å². The summed E-state index contributed by atoms with van der Waals surface area (Å²) in [6.07, 6.45) is 3.20. The number of nitrogens with zero attached hydrogens (tertiary/aromatic N) is 2. The van der Waals surface area contributed by atoms with E-state index in [1.54, 1.807) is 28.6 Å². The molecule has 0 aliphatic carbocycles. The summed E-state index contributed by atoms with van der Waals surface area (Å²) in [5, 5.41) is 0.614. The molecule has 3 heterocycles. The Morgan fingerprint density at radius 3 is 2.75 bits per heavy atom. The highest BCUT2D eigenvalue weighted by Crippen LogP contribution is 2.35. The molecule has 0 aromatic heterocycles. The van der Waals surface area contributed by atoms with Crippen molar-refractivity contribution in [2.45, 2.75) is 37.2 Å². The largest absolute Gasteiger partial charge is 0.380 e. The van der Waals surface area contributed by atoms with Gasteiger partial charge in [-0.05, 0) is 42.9 Å². The minimum absolute atomic E-state index is 0.0127. The van der Waals surface area contributed by atoms with Gasteiger partial charge in [-0.1, -0.05) is 23.7 Å². The Morgan fingerprint density at radius 2 is 1.93 bits per heavy atom. The Morgan fingerprint density at radius 1 is 1.11 bits per heavy atom. The van der Waals surface area contributed by atoms with Crippen LogP contribution in [-0.4, -0.2) is 75.8 Å². The molecule has 28 heavy (non-hydrogen) atoms. The lowest BCUT2D eigenvalue weighted by molar-refractivity contribution is -0.00306. The van der Waals surface area contributed by atoms with E-state index in [1.165, 1.54) is 0 Å². The van der Waals surface area contributed by atoms with Gasteiger partial charge >= 0.3 is 0 Å². The first-order chi connectivity index (χ1) is 13.5. The first kappa shape index (κ1) is 20.6. The Balaban J connectivity index is 1.33. The van der Waals surface area contributed by atoms with Gasteiger partial charge in [-0.3, -0.25) is 4.90 Å². The van der Waals surface area contributed by atoms with Crippen LogP contribution in [0.5, 0.6) is 0 Å². The molecule has 1 unspecified atom stereocenters. The number of fused-ring (bicyclic) bond motifs is 1. The molecule has 6 nitrogen and oxygen atoms in total. The SMILES string of the molecule is O=S(=O)(Cc1ccc(Cl)cc1)N1CC[C@H]2CC(CN3CCCOCC3)O[C@H]2C1. The third-order valence-corrected chi connectivity index (χ3v) is 8.09. The number of rotatable bonds is 5. The van der Waals surface area contributed by atoms with Crippen LogP contribution >= 0.6 is 11.6 Å². The van der Waals surface area contributed by atoms with Gasteiger partial charge in [0, 0.05) is 44.4 Å². The summed E-state index contributed by atoms with van der Waals surface area (Å²) in [6.45, 7) is 5.62. The maximum atomic E-state index is 12.9. The fourth-order valence-electron chi connectivity index (χ4n) is 4.52. The van der Waals surface area contributed by atoms with E-state index >= 15 is 0 Å². The van der Waals surface area contributed by atoms with Crippen LogP contribution in [0.2, 0.25) is 5.02 Å². The van der Waals surface area contributed by atoms with E-state index in [4.69, 9.17) is 21.1 Å². The van der Waals surface area contributed by atoms with Crippen molar-refractivity contribution in [3.63, 3.8) is 0 Å². The molecular weight excluding hydrogens is 400 g/mol. The second-order valence-electron chi connectivity index (χ2n) is 8.09. The summed E-state index contributed by atoms with van der Waals surface area (Å²) >= 11 is 5.90. The molecule has 0 saturated carbocycles. The number of hydrogen-bond acceptors (Lipinski definition) is 5. The molecule has 3 atom stereocenters. The predicted molar refractivity (Wildman–Crippen MR) is 109 cm³/mol. The van der Waals surface area contributed by atoms with Gasteiger partial charge in [0.05, 0.1) is 24.6 Å². The lowest BCUT2D eigenvalue weighted by Gasteiger charge is -2.33. The third-order valence-electron chi connectivity index (χ3n) is 6.02. The van der Waals surface area contributed by atoms with Gasteiger partial charge in [0.25, 0.3) is 0 Å². The van der Waals surface area contributed by atoms with Crippen molar-refractivity contribution in [3.8, 4) is 0 Å². The maximum absolute atomic E-state index is 12.9. The van der Waals surface area contributed by atoms with Crippen LogP contribution in [0.25, 0.3) is 0 Å². The molecule has 1 aromatic carbocycles. The molecule has 3 aliphatic heterocycles. The molecule has 0 bridgehead atoms. The van der Waals surface area contributed by atoms with Gasteiger partial charge in [-0.15, -0.1) is 0 Å². The van der Waals surface area contributed by atoms with Crippen molar-refractivity contribution in [1.29, 1.82) is 0 Å². The number of benzene rings is 1. The van der Waals surface area contributed by atoms with Gasteiger partial charge in [0.1, 0.15) is 0 Å². The molecule has 4 rings (SSSR count). The van der Waals surface area contributed by atoms with Crippen LogP contribution in [0.3, 0.4) is 0 Å². The zero-order chi connectivity index (χ0) is 19.6. The molecule has 0 amide bonds. The molecule has 3 fully saturated rings. The van der Waals surface area contributed by atoms with Crippen LogP contribution in [0.15, 0.2) is 24.3 Å². The van der Waals surface area contributed by atoms with Crippen LogP contribution in [0.4, 0.5) is 0 Å². The highest BCUT2D eigenvalue weighted by atomic mass is 35.5. The van der Waals surface area contributed by atoms with E-state index < -0.39 is 10.0 Å². The van der Waals surface area contributed by atoms with Gasteiger partial charge in [0.2, 0.25) is 10.0 Å². The summed E-state index contributed by atoms with van der Waals surface area (Å²) in [5.41, 5.74) is 0.764. The van der Waals surface area contributed by atoms with Crippen molar-refractivity contribution < 1.29 is 17.9 Å². The number of piperidine rings is 1. The Kier molecular flexibility index (Phi) is 6.60. The van der Waals surface area contributed by atoms with Crippen molar-refractivity contribution in [2.24, 2.45) is 5.92 Å². The molecule has 0 spiro atoms. The van der Waals surface area contributed by atoms with Crippen LogP contribution < -0.4 is 0 Å². The monoisotopic (exact) mass is 428 g/mol. The second kappa shape index (κ2) is 8.98. The standard InChI is InChI=1S/C20H29ClN2O4S/c21-18-4-2-16(3-5-18)15-28(24,25)23-8-6-17-12-19(27-20(17)14-23)13-22-7-1-10-26-11-9-22/h2-5,17,19-20H,1,6-15H2/t17-,19?,20-/m0/s1. The van der Waals surface area contributed by atoms with E-state index in [9.17, 15) is 8.42 Å². The van der Waals surface area contributed by atoms with Crippen molar-refractivity contribution in [2.75, 3.05) is 45.9 Å². The first-order valence-corrected chi connectivity index (χ1v) is 12.2. The minimum Gasteiger partial charge on any atom is -0.380 e. The van der Waals surface area contributed by atoms with E-state index in [2.05, 4.69) is 4.90 Å². The predicted octanol–water partition coefficient (Wildman–Crippen LogP) is 2.37. The normalized spacial score (nSPS) is 30.1. The average Bonchev–Trinajstić information content (AvgIpc) is 2.89. The number of halogens is 1. The summed E-state index contributed by atoms with van der Waals surface area (Å²) in [6, 6.07) is 7.02. The molecule has 3 saturated heterocycles. The number of sulfonamides is 1. The quantitative estimate of drug-likeness (QED) is 0.720. The number of ether oxygens (including phenoxy) is 2. The third kappa shape index (κ3) is 5.07. The lowest BCUT2D eigenvalue weighted by atomic mass is 9.93. The average molecular weight is 429 g/mol. The van der Waals surface area contributed by atoms with E-state index in [-0.39, 0.29) is 18.0 Å². The van der Waals surface area contributed by atoms with Gasteiger partial charge in [0.15, 0.2) is 0 Å². The second-order valence-corrected chi connectivity index (χ2v) is 10.5. The molecule has 3 aliphatic rings. The summed E-state index contributed by atoms with van der Waals surface area (Å²) in [5.74, 6) is 0.480. The highest BCUT2D eigenvalue weighted by Gasteiger charge is 2.42. The van der Waals surface area contributed by atoms with Gasteiger partial charge in [-0.25, -0.2) is 8.42 Å². The lowest BCUT2D eigenvalue weighted by Crippen LogP contribution is -2.45. The smallest absolute Gasteiger partial charge is 0.218 e. The highest BCUT2D eigenvalue weighted by molar-refractivity contribution is 7.88. The van der Waals surface area contributed by atoms with Gasteiger partial charge in [-0.2, -0.15) is 4.31 Å². The maximum Gasteiger partial charge on any atom is 0.218 e. The van der Waals surface area contributed by atoms with E-state index in [1.807, 2.05) is 0 Å². The fourth-order valence-corrected chi connectivity index (χ4v) is 6.20. The van der Waals surface area contributed by atoms with Gasteiger partial charge < -0.3 is 9.47 Å². The van der Waals surface area contributed by atoms with Crippen LogP contribution in [-0.2, 0) is 25.2 Å². The molecule has 8 heteroatoms. The molecule has 0 N–H and O–H groups in total. The molecule has 1 aromatic rings. The van der Waals surface area contributed by atoms with Crippen LogP contribution in [0, 0.1) is 5.92 Å². The summed E-state index contributed by atoms with van der Waals surface area (Å²) < 4.78 is 39.2. The molecule has 156 valence electrons. The first-order valence-electron chi connectivity index (χ1n) is 10.2. The zero-order valence-electron chi connectivity index (χ0n) is 16.1. The van der Waals surface area contributed by atoms with Crippen molar-refractivity contribution >= 4 is 21.6 Å². The van der Waals surface area contributed by atoms with E-state index in [0.717, 1.165) is 57.7 Å². The van der Waals surface area contributed by atoms with E-state index in [0.29, 0.717) is 24.0 Å². The molecular formula is C20H29ClN2O4S. The minimum atomic E-state index is -3.35. The Labute approximate surface area is 172 Å². The summed E-state index contributed by atoms with van der Waals surface area (Å²) in [4.78, 5) is 2.42.